The predicted octanol–water partition coefficient (Wildman–Crippen LogP) is 2.10. The van der Waals surface area contributed by atoms with Crippen LogP contribution in [-0.2, 0) is 4.79 Å². The van der Waals surface area contributed by atoms with Gasteiger partial charge < -0.3 is 10.2 Å². The maximum Gasteiger partial charge on any atom is 0.229 e. The fourth-order valence-electron chi connectivity index (χ4n) is 3.15. The van der Waals surface area contributed by atoms with Crippen molar-refractivity contribution in [1.82, 2.24) is 25.3 Å². The number of anilines is 2. The zero-order valence-corrected chi connectivity index (χ0v) is 15.2. The van der Waals surface area contributed by atoms with Crippen molar-refractivity contribution in [1.29, 1.82) is 0 Å². The Hall–Kier alpha value is -2.68. The number of aromatic nitrogens is 5. The van der Waals surface area contributed by atoms with Gasteiger partial charge >= 0.3 is 0 Å². The first-order chi connectivity index (χ1) is 12.7. The minimum Gasteiger partial charge on any atom is -0.354 e. The van der Waals surface area contributed by atoms with E-state index in [1.165, 1.54) is 4.63 Å². The third-order valence-electron chi connectivity index (χ3n) is 4.51. The molecule has 9 heteroatoms. The molecule has 1 aliphatic heterocycles. The number of piperidine rings is 1. The Morgan fingerprint density at radius 3 is 3.12 bits per heavy atom. The third-order valence-corrected chi connectivity index (χ3v) is 5.23. The molecule has 134 valence electrons. The van der Waals surface area contributed by atoms with Gasteiger partial charge in [0.05, 0.1) is 5.92 Å². The molecule has 0 spiro atoms. The summed E-state index contributed by atoms with van der Waals surface area (Å²) >= 11 is 1.66. The number of hydrogen-bond donors (Lipinski definition) is 1. The number of carbonyl (C=O) groups is 1. The van der Waals surface area contributed by atoms with Crippen LogP contribution in [0.1, 0.15) is 12.8 Å². The average Bonchev–Trinajstić information content (AvgIpc) is 3.16. The van der Waals surface area contributed by atoms with Gasteiger partial charge in [-0.1, -0.05) is 6.07 Å². The molecule has 0 aliphatic carbocycles. The lowest BCUT2D eigenvalue weighted by atomic mass is 9.97. The van der Waals surface area contributed by atoms with Crippen molar-refractivity contribution in [2.45, 2.75) is 17.7 Å². The van der Waals surface area contributed by atoms with E-state index in [4.69, 9.17) is 0 Å². The summed E-state index contributed by atoms with van der Waals surface area (Å²) in [7, 11) is 0. The number of hydrogen-bond acceptors (Lipinski definition) is 7. The molecule has 1 saturated heterocycles. The van der Waals surface area contributed by atoms with Crippen LogP contribution < -0.4 is 10.2 Å². The van der Waals surface area contributed by atoms with Gasteiger partial charge in [0.15, 0.2) is 11.5 Å². The van der Waals surface area contributed by atoms with Crippen molar-refractivity contribution >= 4 is 34.8 Å². The van der Waals surface area contributed by atoms with Gasteiger partial charge in [-0.15, -0.1) is 26.6 Å². The van der Waals surface area contributed by atoms with Crippen LogP contribution in [0, 0.1) is 5.92 Å². The molecule has 1 aliphatic rings. The highest BCUT2D eigenvalue weighted by atomic mass is 32.2. The molecule has 4 rings (SSSR count). The van der Waals surface area contributed by atoms with Crippen molar-refractivity contribution < 1.29 is 4.79 Å². The van der Waals surface area contributed by atoms with Crippen molar-refractivity contribution in [3.8, 4) is 0 Å². The monoisotopic (exact) mass is 369 g/mol. The van der Waals surface area contributed by atoms with Crippen LogP contribution in [0.3, 0.4) is 0 Å². The van der Waals surface area contributed by atoms with E-state index in [1.807, 2.05) is 42.7 Å². The Bertz CT molecular complexity index is 928. The van der Waals surface area contributed by atoms with Crippen LogP contribution in [0.4, 0.5) is 11.5 Å². The number of tetrazole rings is 1. The number of benzene rings is 1. The Kier molecular flexibility index (Phi) is 4.70. The molecular weight excluding hydrogens is 350 g/mol. The number of carbonyl (C=O) groups excluding carboxylic acids is 1. The summed E-state index contributed by atoms with van der Waals surface area (Å²) in [5.74, 6) is 0.760. The first-order valence-corrected chi connectivity index (χ1v) is 9.71. The van der Waals surface area contributed by atoms with E-state index in [0.717, 1.165) is 35.8 Å². The van der Waals surface area contributed by atoms with Crippen LogP contribution in [0.2, 0.25) is 0 Å². The summed E-state index contributed by atoms with van der Waals surface area (Å²) < 4.78 is 1.41. The molecule has 26 heavy (non-hydrogen) atoms. The number of nitrogens with zero attached hydrogens (tertiary/aromatic N) is 6. The minimum absolute atomic E-state index is 0.0523. The number of rotatable bonds is 4. The Labute approximate surface area is 155 Å². The summed E-state index contributed by atoms with van der Waals surface area (Å²) in [6.45, 7) is 1.50. The SMILES string of the molecule is CSc1cccc(NC(=O)[C@@H]2CCCN(c3ccc4nnnn4n3)C2)c1. The lowest BCUT2D eigenvalue weighted by molar-refractivity contribution is -0.120. The van der Waals surface area contributed by atoms with E-state index in [9.17, 15) is 4.79 Å². The lowest BCUT2D eigenvalue weighted by Gasteiger charge is -2.32. The Morgan fingerprint density at radius 2 is 2.23 bits per heavy atom. The molecule has 1 amide bonds. The van der Waals surface area contributed by atoms with Gasteiger partial charge in [-0.05, 0) is 59.9 Å². The number of fused-ring (bicyclic) bond motifs is 1. The fourth-order valence-corrected chi connectivity index (χ4v) is 3.61. The van der Waals surface area contributed by atoms with Crippen molar-refractivity contribution in [2.24, 2.45) is 5.92 Å². The largest absolute Gasteiger partial charge is 0.354 e. The highest BCUT2D eigenvalue weighted by Gasteiger charge is 2.27. The van der Waals surface area contributed by atoms with Gasteiger partial charge in [0.2, 0.25) is 5.91 Å². The van der Waals surface area contributed by atoms with E-state index >= 15 is 0 Å². The fraction of sp³-hybridized carbons (Fsp3) is 0.353. The van der Waals surface area contributed by atoms with Crippen molar-refractivity contribution in [3.63, 3.8) is 0 Å². The highest BCUT2D eigenvalue weighted by molar-refractivity contribution is 7.98. The van der Waals surface area contributed by atoms with Gasteiger partial charge in [0.1, 0.15) is 0 Å². The molecule has 0 radical (unpaired) electrons. The molecule has 8 nitrogen and oxygen atoms in total. The molecule has 0 bridgehead atoms. The van der Waals surface area contributed by atoms with Crippen LogP contribution >= 0.6 is 11.8 Å². The second-order valence-corrected chi connectivity index (χ2v) is 7.10. The summed E-state index contributed by atoms with van der Waals surface area (Å²) in [5, 5.41) is 18.8. The second kappa shape index (κ2) is 7.28. The molecule has 2 aromatic heterocycles. The number of thioether (sulfide) groups is 1. The molecule has 0 saturated carbocycles. The quantitative estimate of drug-likeness (QED) is 0.705. The van der Waals surface area contributed by atoms with Crippen molar-refractivity contribution in [3.05, 3.63) is 36.4 Å². The zero-order valence-electron chi connectivity index (χ0n) is 14.4. The molecule has 1 aromatic carbocycles. The van der Waals surface area contributed by atoms with E-state index in [2.05, 4.69) is 30.8 Å². The van der Waals surface area contributed by atoms with Crippen molar-refractivity contribution in [2.75, 3.05) is 29.6 Å². The average molecular weight is 369 g/mol. The van der Waals surface area contributed by atoms with E-state index in [1.54, 1.807) is 11.8 Å². The molecule has 0 unspecified atom stereocenters. The third kappa shape index (κ3) is 3.48. The summed E-state index contributed by atoms with van der Waals surface area (Å²) in [4.78, 5) is 16.0. The predicted molar refractivity (Wildman–Crippen MR) is 100 cm³/mol. The first-order valence-electron chi connectivity index (χ1n) is 8.48. The van der Waals surface area contributed by atoms with Gasteiger partial charge in [-0.2, -0.15) is 0 Å². The summed E-state index contributed by atoms with van der Waals surface area (Å²) in [6, 6.07) is 11.6. The van der Waals surface area contributed by atoms with Gasteiger partial charge in [-0.25, -0.2) is 0 Å². The normalized spacial score (nSPS) is 17.4. The van der Waals surface area contributed by atoms with Crippen LogP contribution in [0.25, 0.3) is 5.65 Å². The molecule has 1 atom stereocenters. The van der Waals surface area contributed by atoms with Gasteiger partial charge in [0.25, 0.3) is 0 Å². The van der Waals surface area contributed by atoms with Crippen LogP contribution in [0.15, 0.2) is 41.3 Å². The van der Waals surface area contributed by atoms with E-state index in [0.29, 0.717) is 12.2 Å². The number of amides is 1. The first kappa shape index (κ1) is 16.8. The molecule has 1 N–H and O–H groups in total. The maximum atomic E-state index is 12.7. The number of nitrogens with one attached hydrogen (secondary N) is 1. The van der Waals surface area contributed by atoms with E-state index < -0.39 is 0 Å². The van der Waals surface area contributed by atoms with E-state index in [-0.39, 0.29) is 11.8 Å². The topological polar surface area (TPSA) is 88.3 Å². The van der Waals surface area contributed by atoms with Crippen LogP contribution in [0.5, 0.6) is 0 Å². The second-order valence-electron chi connectivity index (χ2n) is 6.22. The minimum atomic E-state index is -0.0759. The molecule has 1 fully saturated rings. The van der Waals surface area contributed by atoms with Crippen LogP contribution in [-0.4, -0.2) is 50.5 Å². The maximum absolute atomic E-state index is 12.7. The lowest BCUT2D eigenvalue weighted by Crippen LogP contribution is -2.41. The highest BCUT2D eigenvalue weighted by Crippen LogP contribution is 2.24. The Morgan fingerprint density at radius 1 is 1.31 bits per heavy atom. The molecule has 3 heterocycles. The molecule has 3 aromatic rings. The zero-order chi connectivity index (χ0) is 17.9. The van der Waals surface area contributed by atoms with Gasteiger partial charge in [0, 0.05) is 23.7 Å². The van der Waals surface area contributed by atoms with Gasteiger partial charge in [-0.3, -0.25) is 4.79 Å². The Balaban J connectivity index is 1.46. The summed E-state index contributed by atoms with van der Waals surface area (Å²) in [6.07, 6.45) is 3.84. The standard InChI is InChI=1S/C17H19N7OS/c1-26-14-6-2-5-13(10-14)18-17(25)12-4-3-9-23(11-12)16-8-7-15-19-21-22-24(15)20-16/h2,5-8,10,12H,3-4,9,11H2,1H3,(H,18,25)/t12-/m1/s1. The summed E-state index contributed by atoms with van der Waals surface area (Å²) in [5.41, 5.74) is 1.45. The molecular formula is C17H19N7OS. The smallest absolute Gasteiger partial charge is 0.229 e.